The number of hydrogen-bond donors (Lipinski definition) is 1. The number of benzene rings is 2. The Morgan fingerprint density at radius 2 is 1.83 bits per heavy atom. The van der Waals surface area contributed by atoms with Gasteiger partial charge in [-0.15, -0.1) is 0 Å². The molecule has 1 N–H and O–H groups in total. The number of para-hydroxylation sites is 1. The van der Waals surface area contributed by atoms with Crippen molar-refractivity contribution in [2.45, 2.75) is 25.9 Å². The van der Waals surface area contributed by atoms with Gasteiger partial charge in [-0.2, -0.15) is 0 Å². The molecule has 1 fully saturated rings. The first-order valence-corrected chi connectivity index (χ1v) is 10.7. The molecule has 5 nitrogen and oxygen atoms in total. The predicted molar refractivity (Wildman–Crippen MR) is 118 cm³/mol. The molecule has 4 rings (SSSR count). The highest BCUT2D eigenvalue weighted by Crippen LogP contribution is 2.31. The van der Waals surface area contributed by atoms with Crippen LogP contribution in [0.3, 0.4) is 0 Å². The lowest BCUT2D eigenvalue weighted by molar-refractivity contribution is -0.116. The highest BCUT2D eigenvalue weighted by Gasteiger charge is 2.24. The van der Waals surface area contributed by atoms with Gasteiger partial charge in [-0.3, -0.25) is 9.69 Å². The number of β-amino-alcohol motifs (C(OH)–C–C–N with tert-alkyl or cyclic N) is 1. The highest BCUT2D eigenvalue weighted by molar-refractivity contribution is 6.33. The summed E-state index contributed by atoms with van der Waals surface area (Å²) in [7, 11) is 0. The lowest BCUT2D eigenvalue weighted by Crippen LogP contribution is -2.47. The molecular weight excluding hydrogens is 386 g/mol. The van der Waals surface area contributed by atoms with E-state index < -0.39 is 6.10 Å². The molecule has 29 heavy (non-hydrogen) atoms. The topological polar surface area (TPSA) is 47.0 Å². The minimum absolute atomic E-state index is 0.0793. The van der Waals surface area contributed by atoms with Crippen LogP contribution in [0.4, 0.5) is 11.4 Å². The molecule has 154 valence electrons. The number of piperazine rings is 1. The number of aliphatic hydroxyl groups excluding tert-OH is 1. The van der Waals surface area contributed by atoms with Crippen LogP contribution < -0.4 is 9.80 Å². The molecule has 0 unspecified atom stereocenters. The van der Waals surface area contributed by atoms with Crippen molar-refractivity contribution in [1.82, 2.24) is 4.90 Å². The van der Waals surface area contributed by atoms with E-state index in [0.717, 1.165) is 73.1 Å². The van der Waals surface area contributed by atoms with Gasteiger partial charge in [0.25, 0.3) is 0 Å². The summed E-state index contributed by atoms with van der Waals surface area (Å²) in [4.78, 5) is 18.3. The van der Waals surface area contributed by atoms with E-state index in [4.69, 9.17) is 11.6 Å². The highest BCUT2D eigenvalue weighted by atomic mass is 35.5. The van der Waals surface area contributed by atoms with E-state index in [9.17, 15) is 9.90 Å². The summed E-state index contributed by atoms with van der Waals surface area (Å²) in [5.41, 5.74) is 4.17. The molecule has 2 aliphatic heterocycles. The molecule has 0 radical (unpaired) electrons. The van der Waals surface area contributed by atoms with Crippen LogP contribution in [0.25, 0.3) is 0 Å². The van der Waals surface area contributed by atoms with Crippen LogP contribution >= 0.6 is 11.6 Å². The molecule has 2 aromatic rings. The van der Waals surface area contributed by atoms with E-state index in [0.29, 0.717) is 6.54 Å². The number of amides is 1. The number of aliphatic hydroxyl groups is 1. The minimum atomic E-state index is -0.528. The predicted octanol–water partition coefficient (Wildman–Crippen LogP) is 3.49. The Labute approximate surface area is 177 Å². The van der Waals surface area contributed by atoms with Crippen LogP contribution in [0.15, 0.2) is 42.5 Å². The molecule has 1 saturated heterocycles. The minimum Gasteiger partial charge on any atom is -0.387 e. The largest absolute Gasteiger partial charge is 0.387 e. The maximum absolute atomic E-state index is 11.9. The average molecular weight is 414 g/mol. The van der Waals surface area contributed by atoms with Crippen LogP contribution in [0.2, 0.25) is 5.02 Å². The van der Waals surface area contributed by atoms with E-state index in [1.54, 1.807) is 6.92 Å². The molecule has 2 aliphatic rings. The first kappa shape index (κ1) is 20.2. The monoisotopic (exact) mass is 413 g/mol. The lowest BCUT2D eigenvalue weighted by Gasteiger charge is -2.37. The Balaban J connectivity index is 1.37. The zero-order chi connectivity index (χ0) is 20.4. The fraction of sp³-hybridized carbons (Fsp3) is 0.435. The Hall–Kier alpha value is -2.08. The van der Waals surface area contributed by atoms with Gasteiger partial charge in [0.1, 0.15) is 0 Å². The number of anilines is 2. The zero-order valence-electron chi connectivity index (χ0n) is 16.9. The fourth-order valence-electron chi connectivity index (χ4n) is 4.38. The molecule has 2 heterocycles. The molecule has 2 aromatic carbocycles. The summed E-state index contributed by atoms with van der Waals surface area (Å²) < 4.78 is 0. The molecule has 0 spiro atoms. The zero-order valence-corrected chi connectivity index (χ0v) is 17.6. The van der Waals surface area contributed by atoms with Crippen molar-refractivity contribution >= 4 is 28.9 Å². The van der Waals surface area contributed by atoms with Crippen molar-refractivity contribution < 1.29 is 9.90 Å². The summed E-state index contributed by atoms with van der Waals surface area (Å²) in [6, 6.07) is 14.0. The summed E-state index contributed by atoms with van der Waals surface area (Å²) in [6.07, 6.45) is 1.40. The standard InChI is InChI=1S/C23H28ClN3O2/c1-17(28)27-10-4-5-18-15-19(8-9-21(18)27)23(29)16-25-11-13-26(14-12-25)22-7-3-2-6-20(22)24/h2-3,6-9,15,23,29H,4-5,10-14,16H2,1H3/t23-/m0/s1. The maximum Gasteiger partial charge on any atom is 0.223 e. The van der Waals surface area contributed by atoms with Crippen molar-refractivity contribution in [3.05, 3.63) is 58.6 Å². The second-order valence-corrected chi connectivity index (χ2v) is 8.32. The molecule has 1 amide bonds. The summed E-state index contributed by atoms with van der Waals surface area (Å²) >= 11 is 6.33. The Morgan fingerprint density at radius 3 is 2.55 bits per heavy atom. The first-order chi connectivity index (χ1) is 14.0. The van der Waals surface area contributed by atoms with Gasteiger partial charge in [0.2, 0.25) is 5.91 Å². The third-order valence-electron chi connectivity index (χ3n) is 5.98. The first-order valence-electron chi connectivity index (χ1n) is 10.3. The number of carbonyl (C=O) groups excluding carboxylic acids is 1. The van der Waals surface area contributed by atoms with Crippen molar-refractivity contribution in [2.75, 3.05) is 49.1 Å². The SMILES string of the molecule is CC(=O)N1CCCc2cc([C@@H](O)CN3CCN(c4ccccc4Cl)CC3)ccc21. The van der Waals surface area contributed by atoms with Crippen LogP contribution in [-0.2, 0) is 11.2 Å². The van der Waals surface area contributed by atoms with Crippen LogP contribution in [0.1, 0.15) is 30.6 Å². The lowest BCUT2D eigenvalue weighted by atomic mass is 9.97. The van der Waals surface area contributed by atoms with Gasteiger partial charge in [-0.25, -0.2) is 0 Å². The Bertz CT molecular complexity index is 880. The van der Waals surface area contributed by atoms with Gasteiger partial charge in [0.15, 0.2) is 0 Å². The number of carbonyl (C=O) groups is 1. The van der Waals surface area contributed by atoms with E-state index >= 15 is 0 Å². The summed E-state index contributed by atoms with van der Waals surface area (Å²) in [6.45, 7) is 6.59. The Kier molecular flexibility index (Phi) is 6.09. The number of rotatable bonds is 4. The number of aryl methyl sites for hydroxylation is 1. The van der Waals surface area contributed by atoms with E-state index in [-0.39, 0.29) is 5.91 Å². The number of fused-ring (bicyclic) bond motifs is 1. The van der Waals surface area contributed by atoms with E-state index in [2.05, 4.69) is 21.9 Å². The molecule has 0 saturated carbocycles. The van der Waals surface area contributed by atoms with Crippen molar-refractivity contribution in [1.29, 1.82) is 0 Å². The maximum atomic E-state index is 11.9. The molecular formula is C23H28ClN3O2. The molecule has 0 aliphatic carbocycles. The van der Waals surface area contributed by atoms with Crippen molar-refractivity contribution in [2.24, 2.45) is 0 Å². The second-order valence-electron chi connectivity index (χ2n) is 7.92. The van der Waals surface area contributed by atoms with Crippen LogP contribution in [0.5, 0.6) is 0 Å². The van der Waals surface area contributed by atoms with Crippen LogP contribution in [0, 0.1) is 0 Å². The third-order valence-corrected chi connectivity index (χ3v) is 6.30. The normalized spacial score (nSPS) is 18.4. The summed E-state index contributed by atoms with van der Waals surface area (Å²) in [5.74, 6) is 0.0793. The average Bonchev–Trinajstić information content (AvgIpc) is 2.74. The molecule has 0 aromatic heterocycles. The third kappa shape index (κ3) is 4.42. The van der Waals surface area contributed by atoms with Gasteiger partial charge in [0, 0.05) is 51.9 Å². The molecule has 0 bridgehead atoms. The van der Waals surface area contributed by atoms with Crippen LogP contribution in [-0.4, -0.2) is 55.2 Å². The molecule has 6 heteroatoms. The Morgan fingerprint density at radius 1 is 1.07 bits per heavy atom. The number of nitrogens with zero attached hydrogens (tertiary/aromatic N) is 3. The van der Waals surface area contributed by atoms with Crippen molar-refractivity contribution in [3.63, 3.8) is 0 Å². The van der Waals surface area contributed by atoms with Gasteiger partial charge in [-0.1, -0.05) is 35.9 Å². The number of halogens is 1. The van der Waals surface area contributed by atoms with E-state index in [1.165, 1.54) is 0 Å². The second kappa shape index (κ2) is 8.74. The summed E-state index contributed by atoms with van der Waals surface area (Å²) in [5, 5.41) is 11.6. The van der Waals surface area contributed by atoms with Gasteiger partial charge in [0.05, 0.1) is 16.8 Å². The molecule has 1 atom stereocenters. The van der Waals surface area contributed by atoms with Crippen molar-refractivity contribution in [3.8, 4) is 0 Å². The van der Waals surface area contributed by atoms with Gasteiger partial charge in [-0.05, 0) is 42.2 Å². The smallest absolute Gasteiger partial charge is 0.223 e. The van der Waals surface area contributed by atoms with Gasteiger partial charge >= 0.3 is 0 Å². The number of hydrogen-bond acceptors (Lipinski definition) is 4. The quantitative estimate of drug-likeness (QED) is 0.833. The van der Waals surface area contributed by atoms with Gasteiger partial charge < -0.3 is 14.9 Å². The fourth-order valence-corrected chi connectivity index (χ4v) is 4.64. The van der Waals surface area contributed by atoms with E-state index in [1.807, 2.05) is 35.2 Å².